The van der Waals surface area contributed by atoms with Crippen molar-refractivity contribution >= 4 is 5.97 Å². The molecule has 2 saturated carbocycles. The molecule has 0 amide bonds. The first kappa shape index (κ1) is 9.71. The van der Waals surface area contributed by atoms with E-state index < -0.39 is 5.97 Å². The highest BCUT2D eigenvalue weighted by molar-refractivity contribution is 5.79. The van der Waals surface area contributed by atoms with Gasteiger partial charge in [-0.1, -0.05) is 12.5 Å². The van der Waals surface area contributed by atoms with Gasteiger partial charge in [-0.2, -0.15) is 0 Å². The van der Waals surface area contributed by atoms with Crippen molar-refractivity contribution in [3.8, 4) is 0 Å². The van der Waals surface area contributed by atoms with Crippen LogP contribution in [0.1, 0.15) is 25.7 Å². The van der Waals surface area contributed by atoms with E-state index in [2.05, 4.69) is 5.32 Å². The molecule has 0 spiro atoms. The Morgan fingerprint density at radius 3 is 2.86 bits per heavy atom. The monoisotopic (exact) mass is 195 g/mol. The summed E-state index contributed by atoms with van der Waals surface area (Å²) in [6.07, 6.45) is 8.36. The summed E-state index contributed by atoms with van der Waals surface area (Å²) in [7, 11) is 0. The van der Waals surface area contributed by atoms with E-state index in [1.54, 1.807) is 6.08 Å². The summed E-state index contributed by atoms with van der Waals surface area (Å²) in [5.74, 6) is 0.943. The summed E-state index contributed by atoms with van der Waals surface area (Å²) in [6, 6.07) is 0.646. The van der Waals surface area contributed by atoms with Gasteiger partial charge in [-0.3, -0.25) is 0 Å². The molecule has 2 N–H and O–H groups in total. The predicted molar refractivity (Wildman–Crippen MR) is 54.0 cm³/mol. The van der Waals surface area contributed by atoms with E-state index in [9.17, 15) is 4.79 Å². The molecule has 0 saturated heterocycles. The summed E-state index contributed by atoms with van der Waals surface area (Å²) in [4.78, 5) is 10.2. The number of carbonyl (C=O) groups is 1. The molecule has 0 aromatic heterocycles. The molecule has 14 heavy (non-hydrogen) atoms. The second kappa shape index (κ2) is 4.13. The highest BCUT2D eigenvalue weighted by Crippen LogP contribution is 2.44. The summed E-state index contributed by atoms with van der Waals surface area (Å²) in [5.41, 5.74) is 0. The van der Waals surface area contributed by atoms with Crippen molar-refractivity contribution in [2.24, 2.45) is 11.8 Å². The van der Waals surface area contributed by atoms with Crippen molar-refractivity contribution in [1.29, 1.82) is 0 Å². The van der Waals surface area contributed by atoms with Gasteiger partial charge in [-0.15, -0.1) is 0 Å². The topological polar surface area (TPSA) is 49.3 Å². The second-order valence-corrected chi connectivity index (χ2v) is 4.43. The molecule has 2 aliphatic carbocycles. The molecule has 2 rings (SSSR count). The van der Waals surface area contributed by atoms with E-state index in [4.69, 9.17) is 5.11 Å². The molecule has 2 fully saturated rings. The standard InChI is InChI=1S/C11H17NO2/c13-11(14)2-1-5-12-10-7-8-3-4-9(10)6-8/h1-2,8-10,12H,3-7H2,(H,13,14)/b2-1+. The average Bonchev–Trinajstić information content (AvgIpc) is 2.73. The maximum absolute atomic E-state index is 10.2. The summed E-state index contributed by atoms with van der Waals surface area (Å²) >= 11 is 0. The SMILES string of the molecule is O=C(O)/C=C/CNC1CC2CCC1C2. The lowest BCUT2D eigenvalue weighted by atomic mass is 9.95. The zero-order valence-electron chi connectivity index (χ0n) is 8.28. The van der Waals surface area contributed by atoms with E-state index >= 15 is 0 Å². The minimum Gasteiger partial charge on any atom is -0.478 e. The molecule has 2 bridgehead atoms. The average molecular weight is 195 g/mol. The first-order chi connectivity index (χ1) is 6.75. The van der Waals surface area contributed by atoms with Crippen LogP contribution < -0.4 is 5.32 Å². The molecule has 2 aliphatic rings. The van der Waals surface area contributed by atoms with Crippen LogP contribution in [0, 0.1) is 11.8 Å². The number of rotatable bonds is 4. The Labute approximate surface area is 84.2 Å². The van der Waals surface area contributed by atoms with Crippen LogP contribution in [0.15, 0.2) is 12.2 Å². The Kier molecular flexibility index (Phi) is 2.87. The number of hydrogen-bond acceptors (Lipinski definition) is 2. The van der Waals surface area contributed by atoms with Crippen molar-refractivity contribution in [3.05, 3.63) is 12.2 Å². The van der Waals surface area contributed by atoms with Gasteiger partial charge >= 0.3 is 5.97 Å². The maximum atomic E-state index is 10.2. The van der Waals surface area contributed by atoms with E-state index in [1.165, 1.54) is 31.8 Å². The van der Waals surface area contributed by atoms with Crippen LogP contribution in [0.25, 0.3) is 0 Å². The van der Waals surface area contributed by atoms with Crippen LogP contribution in [0.5, 0.6) is 0 Å². The maximum Gasteiger partial charge on any atom is 0.328 e. The number of carboxylic acid groups (broad SMARTS) is 1. The molecular formula is C11H17NO2. The van der Waals surface area contributed by atoms with Gasteiger partial charge in [-0.05, 0) is 31.1 Å². The Morgan fingerprint density at radius 1 is 1.43 bits per heavy atom. The minimum atomic E-state index is -0.861. The zero-order valence-corrected chi connectivity index (χ0v) is 8.28. The van der Waals surface area contributed by atoms with Crippen LogP contribution in [0.2, 0.25) is 0 Å². The van der Waals surface area contributed by atoms with Gasteiger partial charge in [-0.25, -0.2) is 4.79 Å². The zero-order chi connectivity index (χ0) is 9.97. The van der Waals surface area contributed by atoms with E-state index in [0.29, 0.717) is 12.6 Å². The number of fused-ring (bicyclic) bond motifs is 2. The van der Waals surface area contributed by atoms with Crippen molar-refractivity contribution in [2.45, 2.75) is 31.7 Å². The fraction of sp³-hybridized carbons (Fsp3) is 0.727. The van der Waals surface area contributed by atoms with Gasteiger partial charge in [0.05, 0.1) is 0 Å². The largest absolute Gasteiger partial charge is 0.478 e. The predicted octanol–water partition coefficient (Wildman–Crippen LogP) is 1.41. The van der Waals surface area contributed by atoms with Crippen LogP contribution in [-0.2, 0) is 4.79 Å². The lowest BCUT2D eigenvalue weighted by molar-refractivity contribution is -0.131. The van der Waals surface area contributed by atoms with Crippen LogP contribution in [0.3, 0.4) is 0 Å². The van der Waals surface area contributed by atoms with Gasteiger partial charge in [0.15, 0.2) is 0 Å². The fourth-order valence-electron chi connectivity index (χ4n) is 2.87. The first-order valence-electron chi connectivity index (χ1n) is 5.38. The van der Waals surface area contributed by atoms with Crippen LogP contribution in [-0.4, -0.2) is 23.7 Å². The molecule has 3 atom stereocenters. The molecule has 0 aromatic carbocycles. The van der Waals surface area contributed by atoms with Crippen LogP contribution in [0.4, 0.5) is 0 Å². The van der Waals surface area contributed by atoms with E-state index in [0.717, 1.165) is 11.8 Å². The van der Waals surface area contributed by atoms with Gasteiger partial charge in [0.25, 0.3) is 0 Å². The minimum absolute atomic E-state index is 0.646. The Bertz CT molecular complexity index is 250. The number of nitrogens with one attached hydrogen (secondary N) is 1. The normalized spacial score (nSPS) is 35.6. The number of aliphatic carboxylic acids is 1. The molecular weight excluding hydrogens is 178 g/mol. The Balaban J connectivity index is 1.69. The molecule has 0 heterocycles. The van der Waals surface area contributed by atoms with E-state index in [-0.39, 0.29) is 0 Å². The van der Waals surface area contributed by atoms with Gasteiger partial charge in [0, 0.05) is 18.7 Å². The molecule has 0 aromatic rings. The van der Waals surface area contributed by atoms with Crippen molar-refractivity contribution < 1.29 is 9.90 Å². The fourth-order valence-corrected chi connectivity index (χ4v) is 2.87. The van der Waals surface area contributed by atoms with E-state index in [1.807, 2.05) is 0 Å². The van der Waals surface area contributed by atoms with Gasteiger partial charge in [0.1, 0.15) is 0 Å². The summed E-state index contributed by atoms with van der Waals surface area (Å²) in [6.45, 7) is 0.695. The van der Waals surface area contributed by atoms with Crippen molar-refractivity contribution in [2.75, 3.05) is 6.54 Å². The molecule has 3 heteroatoms. The molecule has 78 valence electrons. The Morgan fingerprint density at radius 2 is 2.29 bits per heavy atom. The first-order valence-corrected chi connectivity index (χ1v) is 5.38. The summed E-state index contributed by atoms with van der Waals surface area (Å²) < 4.78 is 0. The molecule has 0 aliphatic heterocycles. The third kappa shape index (κ3) is 2.15. The highest BCUT2D eigenvalue weighted by Gasteiger charge is 2.38. The lowest BCUT2D eigenvalue weighted by Crippen LogP contribution is -2.33. The quantitative estimate of drug-likeness (QED) is 0.667. The third-order valence-corrected chi connectivity index (χ3v) is 3.50. The summed E-state index contributed by atoms with van der Waals surface area (Å²) in [5, 5.41) is 11.8. The molecule has 0 radical (unpaired) electrons. The highest BCUT2D eigenvalue weighted by atomic mass is 16.4. The number of carboxylic acids is 1. The van der Waals surface area contributed by atoms with Gasteiger partial charge < -0.3 is 10.4 Å². The van der Waals surface area contributed by atoms with Crippen LogP contribution >= 0.6 is 0 Å². The second-order valence-electron chi connectivity index (χ2n) is 4.43. The molecule has 3 unspecified atom stereocenters. The Hall–Kier alpha value is -0.830. The van der Waals surface area contributed by atoms with Crippen molar-refractivity contribution in [3.63, 3.8) is 0 Å². The van der Waals surface area contributed by atoms with Crippen molar-refractivity contribution in [1.82, 2.24) is 5.32 Å². The number of hydrogen-bond donors (Lipinski definition) is 2. The molecule has 3 nitrogen and oxygen atoms in total. The lowest BCUT2D eigenvalue weighted by Gasteiger charge is -2.22. The van der Waals surface area contributed by atoms with Gasteiger partial charge in [0.2, 0.25) is 0 Å². The smallest absolute Gasteiger partial charge is 0.328 e. The third-order valence-electron chi connectivity index (χ3n) is 3.50.